The number of nitrogens with two attached hydrogens (primary N) is 2. The summed E-state index contributed by atoms with van der Waals surface area (Å²) in [4.78, 5) is 28.9. The first-order valence-corrected chi connectivity index (χ1v) is 8.69. The number of rotatable bonds is 5. The highest BCUT2D eigenvalue weighted by molar-refractivity contribution is 8.01. The molecule has 1 unspecified atom stereocenters. The quantitative estimate of drug-likeness (QED) is 0.305. The second kappa shape index (κ2) is 8.63. The van der Waals surface area contributed by atoms with Crippen LogP contribution < -0.4 is 16.3 Å². The molecule has 1 amide bonds. The van der Waals surface area contributed by atoms with Crippen molar-refractivity contribution < 1.29 is 14.3 Å². The maximum atomic E-state index is 12.3. The van der Waals surface area contributed by atoms with Crippen molar-refractivity contribution in [2.45, 2.75) is 26.7 Å². The predicted molar refractivity (Wildman–Crippen MR) is 96.0 cm³/mol. The molecule has 0 bridgehead atoms. The number of hydrogen-bond donors (Lipinski definition) is 3. The van der Waals surface area contributed by atoms with E-state index in [0.717, 1.165) is 17.5 Å². The van der Waals surface area contributed by atoms with Crippen molar-refractivity contribution >= 4 is 29.5 Å². The summed E-state index contributed by atoms with van der Waals surface area (Å²) in [6.45, 7) is 3.58. The van der Waals surface area contributed by atoms with Gasteiger partial charge in [0, 0.05) is 11.9 Å². The summed E-state index contributed by atoms with van der Waals surface area (Å²) in [5, 5.41) is 9.61. The molecule has 1 atom stereocenters. The molecule has 1 aromatic heterocycles. The van der Waals surface area contributed by atoms with E-state index in [1.165, 1.54) is 0 Å². The minimum Gasteiger partial charge on any atom is -0.465 e. The average molecular weight is 363 g/mol. The van der Waals surface area contributed by atoms with Crippen LogP contribution in [0.2, 0.25) is 0 Å². The van der Waals surface area contributed by atoms with Crippen LogP contribution in [0, 0.1) is 5.92 Å². The first-order valence-electron chi connectivity index (χ1n) is 7.81. The Morgan fingerprint density at radius 2 is 2.28 bits per heavy atom. The Kier molecular flexibility index (Phi) is 6.54. The highest BCUT2D eigenvalue weighted by Crippen LogP contribution is 2.25. The van der Waals surface area contributed by atoms with E-state index in [1.807, 2.05) is 12.1 Å². The maximum absolute atomic E-state index is 12.3. The standard InChI is InChI=1S/C16H21N5O3S/c1-3-24-16(23)11-7-6-10-5-4-8-19-12(10)13(11)20-21-15(22)14(25-18)9(2)17/h4-5,8,11H,3,6-7,17-18H2,1-2H3,(H,21,22)/b14-9-,20-13+. The highest BCUT2D eigenvalue weighted by Gasteiger charge is 2.33. The fourth-order valence-electron chi connectivity index (χ4n) is 2.56. The van der Waals surface area contributed by atoms with Crippen LogP contribution in [0.15, 0.2) is 34.0 Å². The van der Waals surface area contributed by atoms with Crippen LogP contribution in [0.3, 0.4) is 0 Å². The summed E-state index contributed by atoms with van der Waals surface area (Å²) >= 11 is 0.740. The number of carbonyl (C=O) groups is 2. The van der Waals surface area contributed by atoms with E-state index in [9.17, 15) is 9.59 Å². The van der Waals surface area contributed by atoms with E-state index in [2.05, 4.69) is 15.5 Å². The molecule has 0 radical (unpaired) electrons. The number of esters is 1. The Morgan fingerprint density at radius 1 is 1.52 bits per heavy atom. The minimum atomic E-state index is -0.584. The number of allylic oxidation sites excluding steroid dienone is 1. The number of carbonyl (C=O) groups excluding carboxylic acids is 2. The molecule has 0 saturated carbocycles. The molecule has 1 heterocycles. The molecule has 25 heavy (non-hydrogen) atoms. The first kappa shape index (κ1) is 18.9. The third-order valence-corrected chi connectivity index (χ3v) is 4.44. The molecule has 9 heteroatoms. The van der Waals surface area contributed by atoms with Gasteiger partial charge in [-0.25, -0.2) is 5.43 Å². The number of amides is 1. The fourth-order valence-corrected chi connectivity index (χ4v) is 2.90. The van der Waals surface area contributed by atoms with Crippen molar-refractivity contribution in [1.82, 2.24) is 10.4 Å². The van der Waals surface area contributed by atoms with Gasteiger partial charge in [-0.3, -0.25) is 19.7 Å². The van der Waals surface area contributed by atoms with E-state index in [4.69, 9.17) is 15.6 Å². The van der Waals surface area contributed by atoms with Gasteiger partial charge in [-0.1, -0.05) is 6.07 Å². The van der Waals surface area contributed by atoms with E-state index in [-0.39, 0.29) is 23.2 Å². The molecule has 0 fully saturated rings. The summed E-state index contributed by atoms with van der Waals surface area (Å²) < 4.78 is 5.13. The van der Waals surface area contributed by atoms with Gasteiger partial charge in [0.05, 0.1) is 12.3 Å². The molecule has 8 nitrogen and oxygen atoms in total. The zero-order valence-corrected chi connectivity index (χ0v) is 14.9. The zero-order chi connectivity index (χ0) is 18.4. The summed E-state index contributed by atoms with van der Waals surface area (Å²) in [5.41, 5.74) is 10.3. The molecule has 0 aromatic carbocycles. The van der Waals surface area contributed by atoms with Gasteiger partial charge in [0.25, 0.3) is 5.91 Å². The van der Waals surface area contributed by atoms with Crippen molar-refractivity contribution in [1.29, 1.82) is 0 Å². The molecule has 134 valence electrons. The number of hydrazone groups is 1. The normalized spacial score (nSPS) is 19.0. The lowest BCUT2D eigenvalue weighted by Gasteiger charge is -2.24. The molecule has 5 N–H and O–H groups in total. The molecule has 0 aliphatic heterocycles. The predicted octanol–water partition coefficient (Wildman–Crippen LogP) is 0.825. The van der Waals surface area contributed by atoms with Crippen LogP contribution >= 0.6 is 11.9 Å². The molecule has 1 aromatic rings. The number of aromatic nitrogens is 1. The largest absolute Gasteiger partial charge is 0.465 e. The maximum Gasteiger partial charge on any atom is 0.315 e. The molecule has 0 saturated heterocycles. The van der Waals surface area contributed by atoms with Crippen LogP contribution in [0.1, 0.15) is 31.5 Å². The SMILES string of the molecule is CCOC(=O)C1CCc2cccnc2/C1=N/NC(=O)/C(SN)=C(\C)N. The van der Waals surface area contributed by atoms with Crippen LogP contribution in [0.4, 0.5) is 0 Å². The summed E-state index contributed by atoms with van der Waals surface area (Å²) in [6, 6.07) is 3.75. The van der Waals surface area contributed by atoms with Gasteiger partial charge in [-0.05, 0) is 50.3 Å². The van der Waals surface area contributed by atoms with Crippen LogP contribution in [0.25, 0.3) is 0 Å². The molecular formula is C16H21N5O3S. The smallest absolute Gasteiger partial charge is 0.315 e. The Bertz CT molecular complexity index is 728. The lowest BCUT2D eigenvalue weighted by molar-refractivity contribution is -0.145. The number of nitrogens with zero attached hydrogens (tertiary/aromatic N) is 2. The minimum absolute atomic E-state index is 0.161. The number of pyridine rings is 1. The van der Waals surface area contributed by atoms with Crippen molar-refractivity contribution in [2.24, 2.45) is 21.9 Å². The zero-order valence-electron chi connectivity index (χ0n) is 14.1. The molecule has 2 rings (SSSR count). The van der Waals surface area contributed by atoms with Crippen LogP contribution in [-0.4, -0.2) is 29.2 Å². The molecule has 1 aliphatic rings. The Balaban J connectivity index is 2.36. The van der Waals surface area contributed by atoms with Gasteiger partial charge in [0.15, 0.2) is 0 Å². The van der Waals surface area contributed by atoms with Gasteiger partial charge < -0.3 is 10.5 Å². The Morgan fingerprint density at radius 3 is 2.92 bits per heavy atom. The first-order chi connectivity index (χ1) is 12.0. The second-order valence-corrected chi connectivity index (χ2v) is 6.07. The number of hydrogen-bond acceptors (Lipinski definition) is 8. The van der Waals surface area contributed by atoms with E-state index >= 15 is 0 Å². The molecule has 1 aliphatic carbocycles. The van der Waals surface area contributed by atoms with Crippen LogP contribution in [-0.2, 0) is 20.7 Å². The van der Waals surface area contributed by atoms with Crippen molar-refractivity contribution in [3.05, 3.63) is 40.2 Å². The fraction of sp³-hybridized carbons (Fsp3) is 0.375. The number of fused-ring (bicyclic) bond motifs is 1. The monoisotopic (exact) mass is 363 g/mol. The van der Waals surface area contributed by atoms with Gasteiger partial charge in [-0.2, -0.15) is 5.10 Å². The number of nitrogens with one attached hydrogen (secondary N) is 1. The summed E-state index contributed by atoms with van der Waals surface area (Å²) in [5.74, 6) is -1.50. The third kappa shape index (κ3) is 4.37. The highest BCUT2D eigenvalue weighted by atomic mass is 32.2. The van der Waals surface area contributed by atoms with E-state index < -0.39 is 11.8 Å². The topological polar surface area (TPSA) is 133 Å². The van der Waals surface area contributed by atoms with Crippen molar-refractivity contribution in [3.63, 3.8) is 0 Å². The second-order valence-electron chi connectivity index (χ2n) is 5.42. The lowest BCUT2D eigenvalue weighted by atomic mass is 9.85. The Labute approximate surface area is 150 Å². The average Bonchev–Trinajstić information content (AvgIpc) is 2.59. The van der Waals surface area contributed by atoms with Crippen molar-refractivity contribution in [3.8, 4) is 0 Å². The van der Waals surface area contributed by atoms with Gasteiger partial charge >= 0.3 is 5.97 Å². The summed E-state index contributed by atoms with van der Waals surface area (Å²) in [7, 11) is 0. The van der Waals surface area contributed by atoms with Gasteiger partial charge in [-0.15, -0.1) is 0 Å². The van der Waals surface area contributed by atoms with Gasteiger partial charge in [0.2, 0.25) is 0 Å². The van der Waals surface area contributed by atoms with Crippen LogP contribution in [0.5, 0.6) is 0 Å². The number of aryl methyl sites for hydroxylation is 1. The van der Waals surface area contributed by atoms with Crippen molar-refractivity contribution in [2.75, 3.05) is 6.61 Å². The third-order valence-electron chi connectivity index (χ3n) is 3.70. The van der Waals surface area contributed by atoms with E-state index in [0.29, 0.717) is 24.2 Å². The number of ether oxygens (including phenoxy) is 1. The summed E-state index contributed by atoms with van der Waals surface area (Å²) in [6.07, 6.45) is 2.84. The molecular weight excluding hydrogens is 342 g/mol. The Hall–Kier alpha value is -2.39. The van der Waals surface area contributed by atoms with Gasteiger partial charge in [0.1, 0.15) is 16.5 Å². The molecule has 0 spiro atoms. The van der Waals surface area contributed by atoms with E-state index in [1.54, 1.807) is 20.0 Å². The lowest BCUT2D eigenvalue weighted by Crippen LogP contribution is -2.35.